The predicted octanol–water partition coefficient (Wildman–Crippen LogP) is 6.22. The summed E-state index contributed by atoms with van der Waals surface area (Å²) >= 11 is 0. The average Bonchev–Trinajstić information content (AvgIpc) is 3.33. The molecule has 6 nitrogen and oxygen atoms in total. The van der Waals surface area contributed by atoms with Crippen LogP contribution in [0.3, 0.4) is 0 Å². The molecule has 1 amide bonds. The van der Waals surface area contributed by atoms with E-state index < -0.39 is 11.6 Å². The smallest absolute Gasteiger partial charge is 0.340 e. The Morgan fingerprint density at radius 3 is 2.36 bits per heavy atom. The van der Waals surface area contributed by atoms with Crippen LogP contribution >= 0.6 is 0 Å². The number of benzene rings is 2. The number of carbonyl (C=O) groups is 2. The first-order chi connectivity index (χ1) is 15.8. The summed E-state index contributed by atoms with van der Waals surface area (Å²) in [6.07, 6.45) is 6.37. The van der Waals surface area contributed by atoms with Crippen LogP contribution in [0.5, 0.6) is 0 Å². The standard InChI is InChI=1S/C27H24N2O4/c1-27(2,3)33-26(31)23-10-9-19(20-11-12-32-17-20)14-24(23)29-25(30)22-13-21(15-28-16-22)18-7-5-4-6-8-18/h4-17H,1-3H3,(H,29,30). The van der Waals surface area contributed by atoms with Crippen molar-refractivity contribution >= 4 is 17.6 Å². The van der Waals surface area contributed by atoms with E-state index in [4.69, 9.17) is 9.15 Å². The number of hydrogen-bond donors (Lipinski definition) is 1. The Hall–Kier alpha value is -4.19. The van der Waals surface area contributed by atoms with Gasteiger partial charge in [-0.3, -0.25) is 9.78 Å². The molecule has 0 aliphatic rings. The van der Waals surface area contributed by atoms with Crippen LogP contribution in [-0.4, -0.2) is 22.5 Å². The first-order valence-electron chi connectivity index (χ1n) is 10.5. The number of rotatable bonds is 5. The van der Waals surface area contributed by atoms with E-state index in [1.807, 2.05) is 30.3 Å². The lowest BCUT2D eigenvalue weighted by atomic mass is 10.0. The molecule has 0 atom stereocenters. The van der Waals surface area contributed by atoms with Crippen LogP contribution in [0.25, 0.3) is 22.3 Å². The van der Waals surface area contributed by atoms with Gasteiger partial charge in [0, 0.05) is 23.5 Å². The fourth-order valence-corrected chi connectivity index (χ4v) is 3.31. The van der Waals surface area contributed by atoms with Crippen LogP contribution in [0, 0.1) is 0 Å². The Morgan fingerprint density at radius 1 is 0.879 bits per heavy atom. The van der Waals surface area contributed by atoms with Gasteiger partial charge in [0.1, 0.15) is 5.60 Å². The lowest BCUT2D eigenvalue weighted by Crippen LogP contribution is -2.25. The minimum Gasteiger partial charge on any atom is -0.472 e. The fourth-order valence-electron chi connectivity index (χ4n) is 3.31. The predicted molar refractivity (Wildman–Crippen MR) is 127 cm³/mol. The maximum atomic E-state index is 13.1. The van der Waals surface area contributed by atoms with Crippen LogP contribution in [-0.2, 0) is 4.74 Å². The summed E-state index contributed by atoms with van der Waals surface area (Å²) in [5, 5.41) is 2.86. The number of esters is 1. The number of carbonyl (C=O) groups excluding carboxylic acids is 2. The van der Waals surface area contributed by atoms with E-state index in [1.54, 1.807) is 69.8 Å². The summed E-state index contributed by atoms with van der Waals surface area (Å²) in [5.74, 6) is -0.901. The molecule has 0 aliphatic carbocycles. The Morgan fingerprint density at radius 2 is 1.67 bits per heavy atom. The number of nitrogens with zero attached hydrogens (tertiary/aromatic N) is 1. The van der Waals surface area contributed by atoms with E-state index in [0.717, 1.165) is 22.3 Å². The molecule has 0 saturated carbocycles. The fraction of sp³-hybridized carbons (Fsp3) is 0.148. The minimum absolute atomic E-state index is 0.262. The summed E-state index contributed by atoms with van der Waals surface area (Å²) in [4.78, 5) is 30.2. The van der Waals surface area contributed by atoms with E-state index in [-0.39, 0.29) is 11.5 Å². The van der Waals surface area contributed by atoms with Crippen LogP contribution in [0.15, 0.2) is 90.0 Å². The van der Waals surface area contributed by atoms with Crippen LogP contribution in [0.2, 0.25) is 0 Å². The number of amides is 1. The highest BCUT2D eigenvalue weighted by Crippen LogP contribution is 2.28. The topological polar surface area (TPSA) is 81.4 Å². The number of ether oxygens (including phenoxy) is 1. The molecule has 6 heteroatoms. The zero-order valence-electron chi connectivity index (χ0n) is 18.7. The molecule has 33 heavy (non-hydrogen) atoms. The van der Waals surface area contributed by atoms with Crippen molar-refractivity contribution < 1.29 is 18.7 Å². The Bertz CT molecular complexity index is 1270. The maximum Gasteiger partial charge on any atom is 0.340 e. The van der Waals surface area contributed by atoms with Crippen molar-refractivity contribution in [3.05, 3.63) is 96.7 Å². The Kier molecular flexibility index (Phi) is 6.09. The number of anilines is 1. The number of nitrogens with one attached hydrogen (secondary N) is 1. The van der Waals surface area contributed by atoms with Gasteiger partial charge in [-0.1, -0.05) is 36.4 Å². The number of furan rings is 1. The van der Waals surface area contributed by atoms with Gasteiger partial charge in [-0.05, 0) is 56.2 Å². The molecule has 4 rings (SSSR count). The molecule has 0 spiro atoms. The van der Waals surface area contributed by atoms with E-state index in [1.165, 1.54) is 6.20 Å². The van der Waals surface area contributed by atoms with E-state index in [2.05, 4.69) is 10.3 Å². The Balaban J connectivity index is 1.67. The van der Waals surface area contributed by atoms with E-state index in [9.17, 15) is 9.59 Å². The van der Waals surface area contributed by atoms with Gasteiger partial charge in [0.05, 0.1) is 29.3 Å². The second kappa shape index (κ2) is 9.12. The summed E-state index contributed by atoms with van der Waals surface area (Å²) < 4.78 is 10.7. The van der Waals surface area contributed by atoms with Gasteiger partial charge in [0.25, 0.3) is 5.91 Å². The van der Waals surface area contributed by atoms with Crippen molar-refractivity contribution in [1.29, 1.82) is 0 Å². The number of pyridine rings is 1. The first kappa shape index (κ1) is 22.0. The van der Waals surface area contributed by atoms with E-state index in [0.29, 0.717) is 11.3 Å². The third kappa shape index (κ3) is 5.36. The van der Waals surface area contributed by atoms with Crippen molar-refractivity contribution in [2.75, 3.05) is 5.32 Å². The molecule has 166 valence electrons. The summed E-state index contributed by atoms with van der Waals surface area (Å²) in [6, 6.07) is 18.4. The van der Waals surface area contributed by atoms with Gasteiger partial charge in [-0.25, -0.2) is 4.79 Å². The average molecular weight is 440 g/mol. The van der Waals surface area contributed by atoms with Gasteiger partial charge in [0.15, 0.2) is 0 Å². The summed E-state index contributed by atoms with van der Waals surface area (Å²) in [7, 11) is 0. The SMILES string of the molecule is CC(C)(C)OC(=O)c1ccc(-c2ccoc2)cc1NC(=O)c1cncc(-c2ccccc2)c1. The molecule has 0 fully saturated rings. The summed E-state index contributed by atoms with van der Waals surface area (Å²) in [5.41, 5.74) is 3.71. The third-order valence-corrected chi connectivity index (χ3v) is 4.85. The zero-order valence-corrected chi connectivity index (χ0v) is 18.7. The molecule has 2 heterocycles. The monoisotopic (exact) mass is 440 g/mol. The molecule has 2 aromatic carbocycles. The molecule has 0 radical (unpaired) electrons. The van der Waals surface area contributed by atoms with Crippen molar-refractivity contribution in [2.45, 2.75) is 26.4 Å². The molecule has 0 unspecified atom stereocenters. The second-order valence-corrected chi connectivity index (χ2v) is 8.56. The third-order valence-electron chi connectivity index (χ3n) is 4.85. The molecular weight excluding hydrogens is 416 g/mol. The minimum atomic E-state index is -0.671. The molecule has 2 aromatic heterocycles. The van der Waals surface area contributed by atoms with Gasteiger partial charge >= 0.3 is 5.97 Å². The molecule has 4 aromatic rings. The lowest BCUT2D eigenvalue weighted by molar-refractivity contribution is 0.00708. The highest BCUT2D eigenvalue weighted by Gasteiger charge is 2.22. The van der Waals surface area contributed by atoms with Gasteiger partial charge < -0.3 is 14.5 Å². The van der Waals surface area contributed by atoms with Crippen LogP contribution < -0.4 is 5.32 Å². The highest BCUT2D eigenvalue weighted by atomic mass is 16.6. The molecule has 1 N–H and O–H groups in total. The van der Waals surface area contributed by atoms with Gasteiger partial charge in [-0.2, -0.15) is 0 Å². The van der Waals surface area contributed by atoms with Gasteiger partial charge in [-0.15, -0.1) is 0 Å². The van der Waals surface area contributed by atoms with Crippen molar-refractivity contribution in [1.82, 2.24) is 4.98 Å². The largest absolute Gasteiger partial charge is 0.472 e. The van der Waals surface area contributed by atoms with Crippen LogP contribution in [0.1, 0.15) is 41.5 Å². The molecule has 0 saturated heterocycles. The number of hydrogen-bond acceptors (Lipinski definition) is 5. The van der Waals surface area contributed by atoms with Crippen molar-refractivity contribution in [3.8, 4) is 22.3 Å². The second-order valence-electron chi connectivity index (χ2n) is 8.56. The normalized spacial score (nSPS) is 11.1. The van der Waals surface area contributed by atoms with Crippen LogP contribution in [0.4, 0.5) is 5.69 Å². The van der Waals surface area contributed by atoms with Crippen molar-refractivity contribution in [3.63, 3.8) is 0 Å². The lowest BCUT2D eigenvalue weighted by Gasteiger charge is -2.21. The summed E-state index contributed by atoms with van der Waals surface area (Å²) in [6.45, 7) is 5.39. The maximum absolute atomic E-state index is 13.1. The zero-order chi connectivity index (χ0) is 23.4. The quantitative estimate of drug-likeness (QED) is 0.373. The van der Waals surface area contributed by atoms with Gasteiger partial charge in [0.2, 0.25) is 0 Å². The number of aromatic nitrogens is 1. The molecular formula is C27H24N2O4. The molecule has 0 bridgehead atoms. The first-order valence-corrected chi connectivity index (χ1v) is 10.5. The highest BCUT2D eigenvalue weighted by molar-refractivity contribution is 6.08. The van der Waals surface area contributed by atoms with Crippen molar-refractivity contribution in [2.24, 2.45) is 0 Å². The Labute approximate surface area is 192 Å². The molecule has 0 aliphatic heterocycles. The van der Waals surface area contributed by atoms with E-state index >= 15 is 0 Å².